The van der Waals surface area contributed by atoms with Crippen molar-refractivity contribution in [1.29, 1.82) is 0 Å². The summed E-state index contributed by atoms with van der Waals surface area (Å²) < 4.78 is 3.48. The molecule has 3 aromatic rings. The Kier molecular flexibility index (Phi) is 5.14. The number of nitrogens with zero attached hydrogens (tertiary/aromatic N) is 3. The van der Waals surface area contributed by atoms with Crippen molar-refractivity contribution in [3.63, 3.8) is 0 Å². The molecule has 152 valence electrons. The van der Waals surface area contributed by atoms with E-state index in [1.165, 1.54) is 33.1 Å². The van der Waals surface area contributed by atoms with Crippen LogP contribution < -0.4 is 4.90 Å². The molecule has 2 aliphatic rings. The standard InChI is InChI=1S/C23H28N4OS/c1-25-12-4-7-19(25)20-8-5-13-27(20)16-22(28)26-14-10-17(11-15-26)23-24-18-6-2-3-9-21(18)29-23/h2-4,6-7,9,12,17,20H,5,8,10-11,13-16H2,1H3/p+1/t20-/m1/s1. The molecular formula is C23H29N4OS+. The Bertz CT molecular complexity index is 968. The lowest BCUT2D eigenvalue weighted by Crippen LogP contribution is -3.11. The molecule has 2 atom stereocenters. The molecule has 2 aliphatic heterocycles. The van der Waals surface area contributed by atoms with Crippen LogP contribution in [0.1, 0.15) is 48.3 Å². The second-order valence-corrected chi connectivity index (χ2v) is 9.56. The number of quaternary nitrogens is 1. The van der Waals surface area contributed by atoms with Crippen molar-refractivity contribution in [3.05, 3.63) is 53.3 Å². The van der Waals surface area contributed by atoms with Gasteiger partial charge in [-0.05, 0) is 37.1 Å². The molecule has 2 saturated heterocycles. The topological polar surface area (TPSA) is 42.6 Å². The maximum atomic E-state index is 13.0. The first-order valence-electron chi connectivity index (χ1n) is 10.8. The van der Waals surface area contributed by atoms with Crippen molar-refractivity contribution in [2.75, 3.05) is 26.2 Å². The van der Waals surface area contributed by atoms with Crippen LogP contribution in [-0.2, 0) is 11.8 Å². The fourth-order valence-corrected chi connectivity index (χ4v) is 6.20. The zero-order chi connectivity index (χ0) is 19.8. The van der Waals surface area contributed by atoms with Gasteiger partial charge < -0.3 is 14.4 Å². The monoisotopic (exact) mass is 409 g/mol. The third-order valence-electron chi connectivity index (χ3n) is 6.71. The molecule has 5 rings (SSSR count). The van der Waals surface area contributed by atoms with Crippen molar-refractivity contribution in [1.82, 2.24) is 14.5 Å². The molecule has 2 aromatic heterocycles. The zero-order valence-electron chi connectivity index (χ0n) is 17.0. The number of para-hydroxylation sites is 1. The van der Waals surface area contributed by atoms with Gasteiger partial charge in [0.1, 0.15) is 6.04 Å². The molecule has 0 bridgehead atoms. The smallest absolute Gasteiger partial charge is 0.277 e. The first-order chi connectivity index (χ1) is 14.2. The van der Waals surface area contributed by atoms with Crippen molar-refractivity contribution in [3.8, 4) is 0 Å². The summed E-state index contributed by atoms with van der Waals surface area (Å²) in [6.07, 6.45) is 6.56. The number of aromatic nitrogens is 2. The quantitative estimate of drug-likeness (QED) is 0.720. The number of likely N-dealkylation sites (tertiary alicyclic amines) is 2. The summed E-state index contributed by atoms with van der Waals surface area (Å²) in [5, 5.41) is 1.24. The van der Waals surface area contributed by atoms with Crippen LogP contribution in [0.4, 0.5) is 0 Å². The SMILES string of the molecule is Cn1cccc1[C@H]1CCC[NH+]1CC(=O)N1CCC(c2nc3ccccc3s2)CC1. The predicted molar refractivity (Wildman–Crippen MR) is 116 cm³/mol. The van der Waals surface area contributed by atoms with Crippen LogP contribution in [0.5, 0.6) is 0 Å². The average Bonchev–Trinajstić information content (AvgIpc) is 3.47. The average molecular weight is 410 g/mol. The number of aryl methyl sites for hydroxylation is 1. The molecule has 1 aromatic carbocycles. The van der Waals surface area contributed by atoms with Crippen molar-refractivity contribution in [2.45, 2.75) is 37.6 Å². The van der Waals surface area contributed by atoms with E-state index in [0.29, 0.717) is 24.4 Å². The van der Waals surface area contributed by atoms with Crippen molar-refractivity contribution in [2.24, 2.45) is 7.05 Å². The van der Waals surface area contributed by atoms with E-state index in [2.05, 4.69) is 59.1 Å². The molecule has 0 radical (unpaired) electrons. The van der Waals surface area contributed by atoms with E-state index in [1.807, 2.05) is 11.3 Å². The van der Waals surface area contributed by atoms with Gasteiger partial charge >= 0.3 is 0 Å². The molecule has 1 amide bonds. The van der Waals surface area contributed by atoms with Gasteiger partial charge in [-0.2, -0.15) is 0 Å². The predicted octanol–water partition coefficient (Wildman–Crippen LogP) is 2.76. The highest BCUT2D eigenvalue weighted by Crippen LogP contribution is 2.33. The van der Waals surface area contributed by atoms with E-state index in [0.717, 1.165) is 38.0 Å². The number of thiazole rings is 1. The lowest BCUT2D eigenvalue weighted by Gasteiger charge is -2.32. The normalized spacial score (nSPS) is 23.1. The third kappa shape index (κ3) is 3.71. The molecule has 4 heterocycles. The Hall–Kier alpha value is -2.18. The van der Waals surface area contributed by atoms with E-state index in [1.54, 1.807) is 0 Å². The van der Waals surface area contributed by atoms with E-state index in [-0.39, 0.29) is 0 Å². The van der Waals surface area contributed by atoms with E-state index in [4.69, 9.17) is 4.98 Å². The minimum Gasteiger partial charge on any atom is -0.350 e. The van der Waals surface area contributed by atoms with Crippen LogP contribution in [0.3, 0.4) is 0 Å². The molecular weight excluding hydrogens is 380 g/mol. The molecule has 1 unspecified atom stereocenters. The van der Waals surface area contributed by atoms with Gasteiger partial charge in [0, 0.05) is 45.1 Å². The Morgan fingerprint density at radius 3 is 2.76 bits per heavy atom. The first-order valence-corrected chi connectivity index (χ1v) is 11.6. The maximum Gasteiger partial charge on any atom is 0.277 e. The second-order valence-electron chi connectivity index (χ2n) is 8.50. The maximum absolute atomic E-state index is 13.0. The summed E-state index contributed by atoms with van der Waals surface area (Å²) in [4.78, 5) is 21.4. The number of carbonyl (C=O) groups is 1. The number of piperidine rings is 1. The highest BCUT2D eigenvalue weighted by Gasteiger charge is 2.35. The third-order valence-corrected chi connectivity index (χ3v) is 7.91. The lowest BCUT2D eigenvalue weighted by atomic mass is 9.97. The Morgan fingerprint density at radius 2 is 2.00 bits per heavy atom. The van der Waals surface area contributed by atoms with Crippen molar-refractivity contribution < 1.29 is 9.69 Å². The number of fused-ring (bicyclic) bond motifs is 1. The van der Waals surface area contributed by atoms with Gasteiger partial charge in [0.15, 0.2) is 6.54 Å². The van der Waals surface area contributed by atoms with E-state index in [9.17, 15) is 4.79 Å². The minimum absolute atomic E-state index is 0.323. The van der Waals surface area contributed by atoms with Crippen LogP contribution >= 0.6 is 11.3 Å². The molecule has 0 aliphatic carbocycles. The molecule has 2 fully saturated rings. The highest BCUT2D eigenvalue weighted by atomic mass is 32.1. The largest absolute Gasteiger partial charge is 0.350 e. The summed E-state index contributed by atoms with van der Waals surface area (Å²) in [6.45, 7) is 3.45. The molecule has 29 heavy (non-hydrogen) atoms. The number of carbonyl (C=O) groups excluding carboxylic acids is 1. The van der Waals surface area contributed by atoms with Crippen LogP contribution in [-0.4, -0.2) is 46.5 Å². The molecule has 0 spiro atoms. The fourth-order valence-electron chi connectivity index (χ4n) is 5.06. The van der Waals surface area contributed by atoms with E-state index < -0.39 is 0 Å². The van der Waals surface area contributed by atoms with Gasteiger partial charge in [0.05, 0.1) is 27.5 Å². The number of nitrogens with one attached hydrogen (secondary N) is 1. The Labute approximate surface area is 175 Å². The van der Waals surface area contributed by atoms with Crippen LogP contribution in [0.15, 0.2) is 42.6 Å². The van der Waals surface area contributed by atoms with Crippen molar-refractivity contribution >= 4 is 27.5 Å². The van der Waals surface area contributed by atoms with Gasteiger partial charge in [0.25, 0.3) is 5.91 Å². The zero-order valence-corrected chi connectivity index (χ0v) is 17.8. The van der Waals surface area contributed by atoms with Gasteiger partial charge in [-0.1, -0.05) is 12.1 Å². The van der Waals surface area contributed by atoms with Gasteiger partial charge in [-0.15, -0.1) is 11.3 Å². The van der Waals surface area contributed by atoms with Crippen LogP contribution in [0.2, 0.25) is 0 Å². The Balaban J connectivity index is 1.19. The number of hydrogen-bond acceptors (Lipinski definition) is 3. The van der Waals surface area contributed by atoms with Crippen LogP contribution in [0.25, 0.3) is 10.2 Å². The number of amides is 1. The summed E-state index contributed by atoms with van der Waals surface area (Å²) in [6, 6.07) is 13.2. The highest BCUT2D eigenvalue weighted by molar-refractivity contribution is 7.18. The Morgan fingerprint density at radius 1 is 1.17 bits per heavy atom. The number of rotatable bonds is 4. The second kappa shape index (κ2) is 7.92. The van der Waals surface area contributed by atoms with Gasteiger partial charge in [-0.25, -0.2) is 4.98 Å². The van der Waals surface area contributed by atoms with E-state index >= 15 is 0 Å². The summed E-state index contributed by atoms with van der Waals surface area (Å²) in [5.41, 5.74) is 2.47. The minimum atomic E-state index is 0.323. The number of benzene rings is 1. The first kappa shape index (κ1) is 18.8. The van der Waals surface area contributed by atoms with Gasteiger partial charge in [0.2, 0.25) is 0 Å². The molecule has 6 heteroatoms. The molecule has 1 N–H and O–H groups in total. The van der Waals surface area contributed by atoms with Crippen LogP contribution in [0, 0.1) is 0 Å². The summed E-state index contributed by atoms with van der Waals surface area (Å²) in [5.74, 6) is 0.815. The summed E-state index contributed by atoms with van der Waals surface area (Å²) in [7, 11) is 2.11. The number of hydrogen-bond donors (Lipinski definition) is 1. The molecule has 0 saturated carbocycles. The molecule has 5 nitrogen and oxygen atoms in total. The fraction of sp³-hybridized carbons (Fsp3) is 0.478. The summed E-state index contributed by atoms with van der Waals surface area (Å²) >= 11 is 1.82. The lowest BCUT2D eigenvalue weighted by molar-refractivity contribution is -0.911. The van der Waals surface area contributed by atoms with Gasteiger partial charge in [-0.3, -0.25) is 4.79 Å².